The fourth-order valence-electron chi connectivity index (χ4n) is 2.83. The van der Waals surface area contributed by atoms with Crippen molar-refractivity contribution in [3.63, 3.8) is 0 Å². The first-order chi connectivity index (χ1) is 11.2. The van der Waals surface area contributed by atoms with Gasteiger partial charge < -0.3 is 5.32 Å². The Morgan fingerprint density at radius 3 is 2.43 bits per heavy atom. The predicted octanol–water partition coefficient (Wildman–Crippen LogP) is 3.59. The van der Waals surface area contributed by atoms with Crippen molar-refractivity contribution in [1.29, 1.82) is 0 Å². The average molecular weight is 306 g/mol. The Morgan fingerprint density at radius 2 is 1.74 bits per heavy atom. The highest BCUT2D eigenvalue weighted by Crippen LogP contribution is 2.18. The van der Waals surface area contributed by atoms with Crippen LogP contribution in [0.15, 0.2) is 72.4 Å². The van der Waals surface area contributed by atoms with E-state index < -0.39 is 0 Å². The predicted molar refractivity (Wildman–Crippen MR) is 92.9 cm³/mol. The summed E-state index contributed by atoms with van der Waals surface area (Å²) in [5, 5.41) is 3.05. The third-order valence-electron chi connectivity index (χ3n) is 4.24. The molecule has 3 heteroatoms. The minimum Gasteiger partial charge on any atom is -0.325 e. The van der Waals surface area contributed by atoms with Gasteiger partial charge in [-0.25, -0.2) is 0 Å². The Labute approximate surface area is 137 Å². The second kappa shape index (κ2) is 7.25. The molecule has 1 heterocycles. The van der Waals surface area contributed by atoms with Gasteiger partial charge in [-0.1, -0.05) is 54.6 Å². The molecule has 3 nitrogen and oxygen atoms in total. The third kappa shape index (κ3) is 4.08. The topological polar surface area (TPSA) is 32.3 Å². The van der Waals surface area contributed by atoms with E-state index in [9.17, 15) is 4.79 Å². The minimum absolute atomic E-state index is 0.0361. The maximum Gasteiger partial charge on any atom is 0.255 e. The summed E-state index contributed by atoms with van der Waals surface area (Å²) in [5.74, 6) is -0.0361. The van der Waals surface area contributed by atoms with Crippen LogP contribution >= 0.6 is 0 Å². The van der Waals surface area contributed by atoms with Crippen LogP contribution in [0.3, 0.4) is 0 Å². The number of rotatable bonds is 4. The van der Waals surface area contributed by atoms with Crippen LogP contribution in [0.1, 0.15) is 29.3 Å². The molecule has 3 rings (SSSR count). The first-order valence-corrected chi connectivity index (χ1v) is 8.06. The molecule has 1 aliphatic rings. The standard InChI is InChI=1S/C20H22N2O/c1-16-12-13-19(21-20(23)18-10-6-3-7-11-18)15-22(16)14-17-8-4-2-5-9-17/h2-11,13,16H,12,14-15H2,1H3,(H,21,23). The highest BCUT2D eigenvalue weighted by Gasteiger charge is 2.21. The van der Waals surface area contributed by atoms with Crippen LogP contribution in [-0.4, -0.2) is 23.4 Å². The lowest BCUT2D eigenvalue weighted by molar-refractivity contribution is 0.0956. The van der Waals surface area contributed by atoms with Crippen LogP contribution in [0.2, 0.25) is 0 Å². The number of carbonyl (C=O) groups excluding carboxylic acids is 1. The molecular weight excluding hydrogens is 284 g/mol. The summed E-state index contributed by atoms with van der Waals surface area (Å²) >= 11 is 0. The summed E-state index contributed by atoms with van der Waals surface area (Å²) in [6.45, 7) is 3.91. The highest BCUT2D eigenvalue weighted by atomic mass is 16.1. The van der Waals surface area contributed by atoms with Gasteiger partial charge in [0.05, 0.1) is 0 Å². The fourth-order valence-corrected chi connectivity index (χ4v) is 2.83. The summed E-state index contributed by atoms with van der Waals surface area (Å²) in [5.41, 5.74) is 2.99. The minimum atomic E-state index is -0.0361. The zero-order valence-corrected chi connectivity index (χ0v) is 13.4. The Bertz CT molecular complexity index is 679. The summed E-state index contributed by atoms with van der Waals surface area (Å²) in [6.07, 6.45) is 3.10. The molecule has 0 saturated heterocycles. The van der Waals surface area contributed by atoms with E-state index in [1.807, 2.05) is 36.4 Å². The van der Waals surface area contributed by atoms with Crippen molar-refractivity contribution in [2.75, 3.05) is 6.54 Å². The van der Waals surface area contributed by atoms with Gasteiger partial charge in [0.2, 0.25) is 0 Å². The second-order valence-electron chi connectivity index (χ2n) is 6.02. The van der Waals surface area contributed by atoms with Crippen molar-refractivity contribution in [1.82, 2.24) is 10.2 Å². The molecule has 0 saturated carbocycles. The number of benzene rings is 2. The van der Waals surface area contributed by atoms with Gasteiger partial charge in [-0.2, -0.15) is 0 Å². The van der Waals surface area contributed by atoms with Crippen molar-refractivity contribution in [3.8, 4) is 0 Å². The van der Waals surface area contributed by atoms with Crippen LogP contribution in [0.4, 0.5) is 0 Å². The molecular formula is C20H22N2O. The van der Waals surface area contributed by atoms with Gasteiger partial charge in [0, 0.05) is 30.4 Å². The normalized spacial score (nSPS) is 18.3. The fraction of sp³-hybridized carbons (Fsp3) is 0.250. The maximum atomic E-state index is 12.3. The molecule has 0 aromatic heterocycles. The molecule has 0 fully saturated rings. The number of hydrogen-bond acceptors (Lipinski definition) is 2. The SMILES string of the molecule is CC1CC=C(NC(=O)c2ccccc2)CN1Cc1ccccc1. The van der Waals surface area contributed by atoms with E-state index in [2.05, 4.69) is 47.5 Å². The number of nitrogens with zero attached hydrogens (tertiary/aromatic N) is 1. The first kappa shape index (κ1) is 15.5. The van der Waals surface area contributed by atoms with Crippen LogP contribution in [0.25, 0.3) is 0 Å². The van der Waals surface area contributed by atoms with E-state index in [1.165, 1.54) is 5.56 Å². The van der Waals surface area contributed by atoms with Crippen molar-refractivity contribution in [2.45, 2.75) is 25.9 Å². The van der Waals surface area contributed by atoms with Crippen LogP contribution in [0, 0.1) is 0 Å². The van der Waals surface area contributed by atoms with E-state index in [4.69, 9.17) is 0 Å². The Balaban J connectivity index is 1.64. The quantitative estimate of drug-likeness (QED) is 0.936. The third-order valence-corrected chi connectivity index (χ3v) is 4.24. The molecule has 0 aliphatic carbocycles. The lowest BCUT2D eigenvalue weighted by Gasteiger charge is -2.33. The zero-order chi connectivity index (χ0) is 16.1. The molecule has 2 aromatic rings. The zero-order valence-electron chi connectivity index (χ0n) is 13.4. The number of nitrogens with one attached hydrogen (secondary N) is 1. The summed E-state index contributed by atoms with van der Waals surface area (Å²) in [7, 11) is 0. The Hall–Kier alpha value is -2.39. The van der Waals surface area contributed by atoms with Crippen LogP contribution in [0.5, 0.6) is 0 Å². The first-order valence-electron chi connectivity index (χ1n) is 8.06. The van der Waals surface area contributed by atoms with Crippen molar-refractivity contribution < 1.29 is 4.79 Å². The maximum absolute atomic E-state index is 12.3. The van der Waals surface area contributed by atoms with Crippen molar-refractivity contribution in [2.24, 2.45) is 0 Å². The molecule has 1 unspecified atom stereocenters. The largest absolute Gasteiger partial charge is 0.325 e. The molecule has 23 heavy (non-hydrogen) atoms. The molecule has 118 valence electrons. The Morgan fingerprint density at radius 1 is 1.09 bits per heavy atom. The van der Waals surface area contributed by atoms with E-state index in [1.54, 1.807) is 0 Å². The van der Waals surface area contributed by atoms with Gasteiger partial charge in [-0.05, 0) is 31.0 Å². The van der Waals surface area contributed by atoms with E-state index in [0.717, 1.165) is 25.2 Å². The molecule has 0 spiro atoms. The molecule has 2 aromatic carbocycles. The molecule has 1 atom stereocenters. The monoisotopic (exact) mass is 306 g/mol. The van der Waals surface area contributed by atoms with Gasteiger partial charge in [0.15, 0.2) is 0 Å². The van der Waals surface area contributed by atoms with Crippen LogP contribution < -0.4 is 5.32 Å². The number of hydrogen-bond donors (Lipinski definition) is 1. The lowest BCUT2D eigenvalue weighted by Crippen LogP contribution is -2.41. The van der Waals surface area contributed by atoms with Gasteiger partial charge >= 0.3 is 0 Å². The molecule has 1 amide bonds. The number of amides is 1. The smallest absolute Gasteiger partial charge is 0.255 e. The van der Waals surface area contributed by atoms with E-state index in [0.29, 0.717) is 11.6 Å². The van der Waals surface area contributed by atoms with Crippen molar-refractivity contribution in [3.05, 3.63) is 83.6 Å². The second-order valence-corrected chi connectivity index (χ2v) is 6.02. The average Bonchev–Trinajstić information content (AvgIpc) is 2.59. The molecule has 0 radical (unpaired) electrons. The summed E-state index contributed by atoms with van der Waals surface area (Å²) in [4.78, 5) is 14.7. The van der Waals surface area contributed by atoms with Gasteiger partial charge in [0.1, 0.15) is 0 Å². The highest BCUT2D eigenvalue weighted by molar-refractivity contribution is 5.95. The summed E-state index contributed by atoms with van der Waals surface area (Å²) in [6, 6.07) is 20.3. The number of carbonyl (C=O) groups is 1. The molecule has 1 N–H and O–H groups in total. The van der Waals surface area contributed by atoms with Gasteiger partial charge in [-0.3, -0.25) is 9.69 Å². The van der Waals surface area contributed by atoms with Gasteiger partial charge in [0.25, 0.3) is 5.91 Å². The molecule has 0 bridgehead atoms. The molecule has 1 aliphatic heterocycles. The van der Waals surface area contributed by atoms with E-state index in [-0.39, 0.29) is 5.91 Å². The van der Waals surface area contributed by atoms with Gasteiger partial charge in [-0.15, -0.1) is 0 Å². The Kier molecular flexibility index (Phi) is 4.89. The lowest BCUT2D eigenvalue weighted by atomic mass is 10.1. The summed E-state index contributed by atoms with van der Waals surface area (Å²) < 4.78 is 0. The van der Waals surface area contributed by atoms with E-state index >= 15 is 0 Å². The van der Waals surface area contributed by atoms with Crippen molar-refractivity contribution >= 4 is 5.91 Å². The van der Waals surface area contributed by atoms with Crippen LogP contribution in [-0.2, 0) is 6.54 Å².